The van der Waals surface area contributed by atoms with Crippen LogP contribution in [0.5, 0.6) is 11.5 Å². The minimum absolute atomic E-state index is 0.0138. The SMILES string of the molecule is COc1ccc(-c2cn(CCCN(C)C)c(=O)c3cc(OC)ccc23)cc1.O=C(O)/C=C\C(=O)O. The fourth-order valence-corrected chi connectivity index (χ4v) is 3.37. The lowest BCUT2D eigenvalue weighted by Crippen LogP contribution is -2.23. The zero-order valence-electron chi connectivity index (χ0n) is 20.2. The average molecular weight is 483 g/mol. The van der Waals surface area contributed by atoms with Crippen molar-refractivity contribution in [3.8, 4) is 22.6 Å². The number of aryl methyl sites for hydroxylation is 1. The van der Waals surface area contributed by atoms with Crippen LogP contribution < -0.4 is 15.0 Å². The number of ether oxygens (including phenoxy) is 2. The smallest absolute Gasteiger partial charge is 0.328 e. The van der Waals surface area contributed by atoms with Gasteiger partial charge in [-0.2, -0.15) is 0 Å². The summed E-state index contributed by atoms with van der Waals surface area (Å²) in [6.07, 6.45) is 3.99. The maximum absolute atomic E-state index is 13.0. The summed E-state index contributed by atoms with van der Waals surface area (Å²) in [4.78, 5) is 34.3. The van der Waals surface area contributed by atoms with E-state index in [1.807, 2.05) is 67.3 Å². The van der Waals surface area contributed by atoms with Crippen LogP contribution in [0.2, 0.25) is 0 Å². The van der Waals surface area contributed by atoms with Gasteiger partial charge in [0.15, 0.2) is 0 Å². The monoisotopic (exact) mass is 482 g/mol. The molecule has 0 unspecified atom stereocenters. The number of benzene rings is 2. The van der Waals surface area contributed by atoms with Crippen LogP contribution in [-0.4, -0.2) is 66.5 Å². The van der Waals surface area contributed by atoms with E-state index in [4.69, 9.17) is 19.7 Å². The van der Waals surface area contributed by atoms with Gasteiger partial charge in [-0.25, -0.2) is 9.59 Å². The van der Waals surface area contributed by atoms with Crippen molar-refractivity contribution < 1.29 is 29.3 Å². The van der Waals surface area contributed by atoms with Crippen LogP contribution in [0.1, 0.15) is 6.42 Å². The number of hydrogen-bond donors (Lipinski definition) is 2. The number of hydrogen-bond acceptors (Lipinski definition) is 6. The quantitative estimate of drug-likeness (QED) is 0.446. The van der Waals surface area contributed by atoms with Gasteiger partial charge in [0.1, 0.15) is 11.5 Å². The second-order valence-electron chi connectivity index (χ2n) is 7.85. The van der Waals surface area contributed by atoms with E-state index in [1.165, 1.54) is 0 Å². The van der Waals surface area contributed by atoms with Gasteiger partial charge >= 0.3 is 11.9 Å². The molecule has 0 saturated heterocycles. The number of aromatic nitrogens is 1. The first-order valence-corrected chi connectivity index (χ1v) is 10.8. The van der Waals surface area contributed by atoms with Crippen molar-refractivity contribution in [1.82, 2.24) is 9.47 Å². The Hall–Kier alpha value is -4.11. The Labute approximate surface area is 203 Å². The fourth-order valence-electron chi connectivity index (χ4n) is 3.37. The van der Waals surface area contributed by atoms with Gasteiger partial charge in [0.2, 0.25) is 0 Å². The van der Waals surface area contributed by atoms with Gasteiger partial charge in [-0.05, 0) is 68.3 Å². The Kier molecular flexibility index (Phi) is 10.0. The molecule has 9 nitrogen and oxygen atoms in total. The van der Waals surface area contributed by atoms with Gasteiger partial charge < -0.3 is 29.2 Å². The molecule has 0 atom stereocenters. The van der Waals surface area contributed by atoms with Crippen molar-refractivity contribution in [2.75, 3.05) is 34.9 Å². The van der Waals surface area contributed by atoms with E-state index in [9.17, 15) is 14.4 Å². The zero-order chi connectivity index (χ0) is 26.0. The number of rotatable bonds is 9. The Balaban J connectivity index is 0.000000466. The highest BCUT2D eigenvalue weighted by atomic mass is 16.5. The Morgan fingerprint density at radius 2 is 1.49 bits per heavy atom. The third kappa shape index (κ3) is 8.01. The predicted octanol–water partition coefficient (Wildman–Crippen LogP) is 3.35. The molecule has 0 aliphatic heterocycles. The number of carboxylic acid groups (broad SMARTS) is 2. The molecule has 0 fully saturated rings. The molecule has 35 heavy (non-hydrogen) atoms. The van der Waals surface area contributed by atoms with E-state index in [2.05, 4.69) is 4.90 Å². The minimum Gasteiger partial charge on any atom is -0.497 e. The van der Waals surface area contributed by atoms with Crippen LogP contribution in [0.15, 0.2) is 65.6 Å². The first kappa shape index (κ1) is 27.1. The molecule has 9 heteroatoms. The first-order valence-electron chi connectivity index (χ1n) is 10.8. The van der Waals surface area contributed by atoms with Crippen LogP contribution in [-0.2, 0) is 16.1 Å². The minimum atomic E-state index is -1.26. The molecule has 0 saturated carbocycles. The van der Waals surface area contributed by atoms with Crippen LogP contribution in [0, 0.1) is 0 Å². The van der Waals surface area contributed by atoms with Gasteiger partial charge in [0, 0.05) is 30.5 Å². The number of carbonyl (C=O) groups is 2. The number of aliphatic carboxylic acids is 2. The zero-order valence-corrected chi connectivity index (χ0v) is 20.2. The topological polar surface area (TPSA) is 118 Å². The molecule has 3 rings (SSSR count). The van der Waals surface area contributed by atoms with Crippen molar-refractivity contribution in [3.63, 3.8) is 0 Å². The summed E-state index contributed by atoms with van der Waals surface area (Å²) in [5.74, 6) is -1.02. The molecule has 0 bridgehead atoms. The third-order valence-corrected chi connectivity index (χ3v) is 5.07. The van der Waals surface area contributed by atoms with Crippen molar-refractivity contribution in [2.45, 2.75) is 13.0 Å². The van der Waals surface area contributed by atoms with Gasteiger partial charge in [0.25, 0.3) is 5.56 Å². The highest BCUT2D eigenvalue weighted by molar-refractivity contribution is 5.96. The van der Waals surface area contributed by atoms with Crippen molar-refractivity contribution in [2.24, 2.45) is 0 Å². The summed E-state index contributed by atoms with van der Waals surface area (Å²) in [6, 6.07) is 13.6. The van der Waals surface area contributed by atoms with Gasteiger partial charge in [-0.1, -0.05) is 12.1 Å². The standard InChI is InChI=1S/C22H26N2O3.C4H4O4/c1-23(2)12-5-13-24-15-21(16-6-8-17(26-3)9-7-16)19-11-10-18(27-4)14-20(19)22(24)25;5-3(6)1-2-4(7)8/h6-11,14-15H,5,12-13H2,1-4H3;1-2H,(H,5,6)(H,7,8)/b;2-1-. The summed E-state index contributed by atoms with van der Waals surface area (Å²) in [7, 11) is 7.35. The Morgan fingerprint density at radius 3 is 2.00 bits per heavy atom. The van der Waals surface area contributed by atoms with Gasteiger partial charge in [0.05, 0.1) is 19.6 Å². The van der Waals surface area contributed by atoms with Crippen LogP contribution in [0.25, 0.3) is 21.9 Å². The maximum Gasteiger partial charge on any atom is 0.328 e. The lowest BCUT2D eigenvalue weighted by atomic mass is 10.00. The third-order valence-electron chi connectivity index (χ3n) is 5.07. The predicted molar refractivity (Wildman–Crippen MR) is 134 cm³/mol. The molecule has 0 radical (unpaired) electrons. The number of fused-ring (bicyclic) bond motifs is 1. The van der Waals surface area contributed by atoms with Gasteiger partial charge in [-0.3, -0.25) is 4.79 Å². The first-order chi connectivity index (χ1) is 16.7. The molecule has 0 amide bonds. The highest BCUT2D eigenvalue weighted by Crippen LogP contribution is 2.30. The van der Waals surface area contributed by atoms with E-state index in [-0.39, 0.29) is 5.56 Å². The van der Waals surface area contributed by atoms with E-state index >= 15 is 0 Å². The molecule has 2 N–H and O–H groups in total. The molecule has 3 aromatic rings. The van der Waals surface area contributed by atoms with E-state index in [0.29, 0.717) is 29.8 Å². The number of methoxy groups -OCH3 is 2. The van der Waals surface area contributed by atoms with Crippen LogP contribution in [0.3, 0.4) is 0 Å². The number of nitrogens with zero attached hydrogens (tertiary/aromatic N) is 2. The summed E-state index contributed by atoms with van der Waals surface area (Å²) < 4.78 is 12.4. The van der Waals surface area contributed by atoms with Crippen molar-refractivity contribution in [3.05, 3.63) is 71.2 Å². The van der Waals surface area contributed by atoms with Crippen molar-refractivity contribution >= 4 is 22.7 Å². The molecule has 0 aliphatic carbocycles. The second kappa shape index (κ2) is 13.0. The lowest BCUT2D eigenvalue weighted by molar-refractivity contribution is -0.134. The van der Waals surface area contributed by atoms with Gasteiger partial charge in [-0.15, -0.1) is 0 Å². The largest absolute Gasteiger partial charge is 0.497 e. The van der Waals surface area contributed by atoms with Crippen LogP contribution in [0.4, 0.5) is 0 Å². The molecule has 1 heterocycles. The fraction of sp³-hybridized carbons (Fsp3) is 0.269. The average Bonchev–Trinajstić information content (AvgIpc) is 2.84. The Morgan fingerprint density at radius 1 is 0.914 bits per heavy atom. The number of carboxylic acids is 2. The highest BCUT2D eigenvalue weighted by Gasteiger charge is 2.12. The van der Waals surface area contributed by atoms with E-state index < -0.39 is 11.9 Å². The summed E-state index contributed by atoms with van der Waals surface area (Å²) >= 11 is 0. The molecule has 0 aliphatic rings. The molecular weight excluding hydrogens is 452 g/mol. The molecule has 0 spiro atoms. The summed E-state index contributed by atoms with van der Waals surface area (Å²) in [6.45, 7) is 1.60. The maximum atomic E-state index is 13.0. The van der Waals surface area contributed by atoms with E-state index in [1.54, 1.807) is 14.2 Å². The second-order valence-corrected chi connectivity index (χ2v) is 7.85. The lowest BCUT2D eigenvalue weighted by Gasteiger charge is -2.15. The summed E-state index contributed by atoms with van der Waals surface area (Å²) in [5, 5.41) is 17.2. The van der Waals surface area contributed by atoms with Crippen LogP contribution >= 0.6 is 0 Å². The number of pyridine rings is 1. The molecule has 2 aromatic carbocycles. The molecule has 186 valence electrons. The molecule has 1 aromatic heterocycles. The van der Waals surface area contributed by atoms with E-state index in [0.717, 1.165) is 35.2 Å². The van der Waals surface area contributed by atoms with Crippen molar-refractivity contribution in [1.29, 1.82) is 0 Å². The molecular formula is C26H30N2O7. The Bertz CT molecular complexity index is 1230. The normalized spacial score (nSPS) is 10.8. The summed E-state index contributed by atoms with van der Waals surface area (Å²) in [5.41, 5.74) is 2.09.